The van der Waals surface area contributed by atoms with Crippen LogP contribution in [0.3, 0.4) is 0 Å². The number of guanidine groups is 1. The number of anilines is 1. The second-order valence-electron chi connectivity index (χ2n) is 6.14. The van der Waals surface area contributed by atoms with Crippen molar-refractivity contribution in [2.24, 2.45) is 4.99 Å². The van der Waals surface area contributed by atoms with E-state index in [9.17, 15) is 0 Å². The Labute approximate surface area is 159 Å². The van der Waals surface area contributed by atoms with Crippen LogP contribution in [0.4, 0.5) is 5.69 Å². The summed E-state index contributed by atoms with van der Waals surface area (Å²) >= 11 is 0. The largest absolute Gasteiger partial charge is 0.493 e. The molecule has 0 aliphatic rings. The molecule has 6 heteroatoms. The van der Waals surface area contributed by atoms with Crippen LogP contribution in [0.2, 0.25) is 0 Å². The summed E-state index contributed by atoms with van der Waals surface area (Å²) in [6, 6.07) is 8.37. The quantitative estimate of drug-likeness (QED) is 0.339. The molecule has 148 valence electrons. The van der Waals surface area contributed by atoms with Gasteiger partial charge in [-0.25, -0.2) is 0 Å². The molecule has 0 aromatic heterocycles. The Morgan fingerprint density at radius 1 is 1.19 bits per heavy atom. The average Bonchev–Trinajstić information content (AvgIpc) is 2.65. The van der Waals surface area contributed by atoms with Gasteiger partial charge < -0.3 is 20.1 Å². The van der Waals surface area contributed by atoms with Crippen LogP contribution < -0.4 is 15.4 Å². The summed E-state index contributed by atoms with van der Waals surface area (Å²) in [5.74, 6) is 1.64. The lowest BCUT2D eigenvalue weighted by Gasteiger charge is -2.25. The van der Waals surface area contributed by atoms with Crippen LogP contribution in [-0.4, -0.2) is 63.4 Å². The zero-order valence-corrected chi connectivity index (χ0v) is 17.0. The minimum atomic E-state index is 0.413. The van der Waals surface area contributed by atoms with Crippen molar-refractivity contribution in [3.05, 3.63) is 24.3 Å². The van der Waals surface area contributed by atoms with Crippen LogP contribution in [0.25, 0.3) is 0 Å². The van der Waals surface area contributed by atoms with Gasteiger partial charge in [0.25, 0.3) is 0 Å². The molecule has 1 atom stereocenters. The molecule has 26 heavy (non-hydrogen) atoms. The van der Waals surface area contributed by atoms with Gasteiger partial charge in [-0.05, 0) is 39.1 Å². The van der Waals surface area contributed by atoms with Gasteiger partial charge in [0, 0.05) is 44.5 Å². The van der Waals surface area contributed by atoms with Crippen molar-refractivity contribution in [3.63, 3.8) is 0 Å². The minimum absolute atomic E-state index is 0.413. The van der Waals surface area contributed by atoms with Crippen LogP contribution in [0.1, 0.15) is 34.1 Å². The Hall–Kier alpha value is -1.79. The topological polar surface area (TPSA) is 58.1 Å². The fourth-order valence-corrected chi connectivity index (χ4v) is 2.69. The monoisotopic (exact) mass is 364 g/mol. The number of ether oxygens (including phenoxy) is 2. The highest BCUT2D eigenvalue weighted by atomic mass is 16.5. The highest BCUT2D eigenvalue weighted by Gasteiger charge is 2.09. The molecule has 0 fully saturated rings. The molecular formula is C20H36N4O2. The number of rotatable bonds is 12. The summed E-state index contributed by atoms with van der Waals surface area (Å²) in [4.78, 5) is 7.14. The molecule has 2 N–H and O–H groups in total. The first-order valence-electron chi connectivity index (χ1n) is 9.65. The highest BCUT2D eigenvalue weighted by Crippen LogP contribution is 2.17. The first kappa shape index (κ1) is 22.3. The summed E-state index contributed by atoms with van der Waals surface area (Å²) in [5.41, 5.74) is 0.962. The fraction of sp³-hybridized carbons (Fsp3) is 0.650. The van der Waals surface area contributed by atoms with Crippen LogP contribution in [0, 0.1) is 0 Å². The predicted molar refractivity (Wildman–Crippen MR) is 110 cm³/mol. The van der Waals surface area contributed by atoms with E-state index in [1.54, 1.807) is 7.11 Å². The maximum absolute atomic E-state index is 5.76. The van der Waals surface area contributed by atoms with Gasteiger partial charge in [0.05, 0.1) is 13.2 Å². The smallest absolute Gasteiger partial charge is 0.195 e. The number of aliphatic imine (C=N–C) groups is 1. The molecule has 0 aliphatic heterocycles. The fourth-order valence-electron chi connectivity index (χ4n) is 2.69. The van der Waals surface area contributed by atoms with E-state index in [-0.39, 0.29) is 0 Å². The van der Waals surface area contributed by atoms with Gasteiger partial charge in [0.1, 0.15) is 5.75 Å². The number of methoxy groups -OCH3 is 1. The summed E-state index contributed by atoms with van der Waals surface area (Å²) < 4.78 is 10.8. The molecule has 1 aromatic rings. The van der Waals surface area contributed by atoms with E-state index in [0.29, 0.717) is 19.3 Å². The molecule has 0 saturated heterocycles. The summed E-state index contributed by atoms with van der Waals surface area (Å²) in [5, 5.41) is 6.67. The van der Waals surface area contributed by atoms with E-state index >= 15 is 0 Å². The molecule has 0 radical (unpaired) electrons. The van der Waals surface area contributed by atoms with Gasteiger partial charge in [0.15, 0.2) is 5.96 Å². The van der Waals surface area contributed by atoms with E-state index in [0.717, 1.165) is 50.0 Å². The molecule has 1 rings (SSSR count). The highest BCUT2D eigenvalue weighted by molar-refractivity contribution is 5.93. The summed E-state index contributed by atoms with van der Waals surface area (Å²) in [6.45, 7) is 13.7. The van der Waals surface area contributed by atoms with Crippen molar-refractivity contribution in [1.82, 2.24) is 10.2 Å². The first-order valence-corrected chi connectivity index (χ1v) is 9.65. The number of benzene rings is 1. The normalized spacial score (nSPS) is 12.9. The second kappa shape index (κ2) is 13.4. The van der Waals surface area contributed by atoms with Crippen molar-refractivity contribution >= 4 is 11.6 Å². The summed E-state index contributed by atoms with van der Waals surface area (Å²) in [7, 11) is 1.70. The number of hydrogen-bond acceptors (Lipinski definition) is 4. The van der Waals surface area contributed by atoms with Crippen LogP contribution in [0.15, 0.2) is 29.3 Å². The number of likely N-dealkylation sites (N-methyl/N-ethyl adjacent to an activating group) is 1. The molecule has 0 heterocycles. The van der Waals surface area contributed by atoms with Crippen molar-refractivity contribution in [2.45, 2.75) is 40.2 Å². The maximum atomic E-state index is 5.76. The van der Waals surface area contributed by atoms with Crippen LogP contribution >= 0.6 is 0 Å². The summed E-state index contributed by atoms with van der Waals surface area (Å²) in [6.07, 6.45) is 0.876. The Morgan fingerprint density at radius 3 is 2.62 bits per heavy atom. The van der Waals surface area contributed by atoms with Gasteiger partial charge in [-0.15, -0.1) is 0 Å². The van der Waals surface area contributed by atoms with E-state index in [4.69, 9.17) is 14.5 Å². The van der Waals surface area contributed by atoms with Crippen LogP contribution in [-0.2, 0) is 4.74 Å². The maximum Gasteiger partial charge on any atom is 0.195 e. The molecule has 1 aromatic carbocycles. The first-order chi connectivity index (χ1) is 12.6. The zero-order chi connectivity index (χ0) is 19.2. The molecular weight excluding hydrogens is 328 g/mol. The molecule has 1 unspecified atom stereocenters. The second-order valence-corrected chi connectivity index (χ2v) is 6.14. The Bertz CT molecular complexity index is 518. The third-order valence-corrected chi connectivity index (χ3v) is 4.15. The number of nitrogens with zero attached hydrogens (tertiary/aromatic N) is 2. The van der Waals surface area contributed by atoms with Crippen molar-refractivity contribution < 1.29 is 9.47 Å². The van der Waals surface area contributed by atoms with Gasteiger partial charge >= 0.3 is 0 Å². The van der Waals surface area contributed by atoms with Crippen molar-refractivity contribution in [1.29, 1.82) is 0 Å². The number of nitrogens with one attached hydrogen (secondary N) is 2. The van der Waals surface area contributed by atoms with E-state index in [2.05, 4.69) is 43.2 Å². The lowest BCUT2D eigenvalue weighted by Crippen LogP contribution is -2.37. The van der Waals surface area contributed by atoms with Gasteiger partial charge in [-0.2, -0.15) is 0 Å². The van der Waals surface area contributed by atoms with Gasteiger partial charge in [-0.1, -0.05) is 19.9 Å². The Kier molecular flexibility index (Phi) is 11.5. The van der Waals surface area contributed by atoms with Gasteiger partial charge in [0.2, 0.25) is 0 Å². The Balaban J connectivity index is 2.66. The molecule has 6 nitrogen and oxygen atoms in total. The molecule has 0 amide bonds. The standard InChI is InChI=1S/C20H36N4O2/c1-6-21-20(22-16-17(4)24(7-2)8-3)23-18-11-9-12-19(15-18)26-14-10-13-25-5/h9,11-12,15,17H,6-8,10,13-14,16H2,1-5H3,(H2,21,22,23). The third kappa shape index (κ3) is 8.54. The minimum Gasteiger partial charge on any atom is -0.493 e. The van der Waals surface area contributed by atoms with E-state index < -0.39 is 0 Å². The predicted octanol–water partition coefficient (Wildman–Crippen LogP) is 3.21. The lowest BCUT2D eigenvalue weighted by atomic mass is 10.3. The number of hydrogen-bond donors (Lipinski definition) is 2. The van der Waals surface area contributed by atoms with Crippen molar-refractivity contribution in [3.8, 4) is 5.75 Å². The van der Waals surface area contributed by atoms with E-state index in [1.807, 2.05) is 24.3 Å². The third-order valence-electron chi connectivity index (χ3n) is 4.15. The molecule has 0 bridgehead atoms. The zero-order valence-electron chi connectivity index (χ0n) is 17.0. The average molecular weight is 365 g/mol. The van der Waals surface area contributed by atoms with E-state index in [1.165, 1.54) is 0 Å². The molecule has 0 saturated carbocycles. The van der Waals surface area contributed by atoms with Crippen LogP contribution in [0.5, 0.6) is 5.75 Å². The SMILES string of the molecule is CCNC(=NCC(C)N(CC)CC)Nc1cccc(OCCCOC)c1. The Morgan fingerprint density at radius 2 is 1.96 bits per heavy atom. The van der Waals surface area contributed by atoms with Gasteiger partial charge in [-0.3, -0.25) is 9.89 Å². The lowest BCUT2D eigenvalue weighted by molar-refractivity contribution is 0.172. The molecule has 0 spiro atoms. The molecule has 0 aliphatic carbocycles. The van der Waals surface area contributed by atoms with Crippen molar-refractivity contribution in [2.75, 3.05) is 51.8 Å².